The van der Waals surface area contributed by atoms with Crippen LogP contribution in [0.1, 0.15) is 17.0 Å². The van der Waals surface area contributed by atoms with Crippen molar-refractivity contribution in [1.29, 1.82) is 0 Å². The lowest BCUT2D eigenvalue weighted by Crippen LogP contribution is -2.39. The summed E-state index contributed by atoms with van der Waals surface area (Å²) in [5.74, 6) is -0.253. The summed E-state index contributed by atoms with van der Waals surface area (Å²) < 4.78 is 12.9. The molecule has 0 aliphatic carbocycles. The van der Waals surface area contributed by atoms with Gasteiger partial charge in [0, 0.05) is 6.54 Å². The van der Waals surface area contributed by atoms with Gasteiger partial charge in [0.15, 0.2) is 0 Å². The first kappa shape index (κ1) is 20.3. The highest BCUT2D eigenvalue weighted by atomic mass is 32.2. The van der Waals surface area contributed by atoms with Crippen LogP contribution in [-0.4, -0.2) is 32.9 Å². The molecule has 0 aliphatic rings. The Hall–Kier alpha value is -3.46. The maximum atomic E-state index is 12.9. The minimum Gasteiger partial charge on any atom is -0.334 e. The van der Waals surface area contributed by atoms with Crippen molar-refractivity contribution in [3.05, 3.63) is 77.4 Å². The van der Waals surface area contributed by atoms with E-state index in [1.54, 1.807) is 24.3 Å². The van der Waals surface area contributed by atoms with Gasteiger partial charge in [0.05, 0.1) is 5.75 Å². The van der Waals surface area contributed by atoms with Crippen molar-refractivity contribution in [3.8, 4) is 0 Å². The Morgan fingerprint density at radius 3 is 2.59 bits per heavy atom. The monoisotopic (exact) mass is 411 g/mol. The van der Waals surface area contributed by atoms with Gasteiger partial charge in [-0.1, -0.05) is 60.3 Å². The average Bonchev–Trinajstić information content (AvgIpc) is 3.19. The van der Waals surface area contributed by atoms with Crippen LogP contribution in [0.4, 0.5) is 9.18 Å². The molecule has 0 saturated carbocycles. The van der Waals surface area contributed by atoms with Gasteiger partial charge in [0.1, 0.15) is 11.6 Å². The van der Waals surface area contributed by atoms with Crippen LogP contribution in [0.25, 0.3) is 12.2 Å². The van der Waals surface area contributed by atoms with E-state index in [4.69, 9.17) is 0 Å². The van der Waals surface area contributed by atoms with Gasteiger partial charge in [-0.2, -0.15) is 0 Å². The molecule has 0 saturated heterocycles. The van der Waals surface area contributed by atoms with Gasteiger partial charge in [0.25, 0.3) is 0 Å². The molecule has 9 heteroatoms. The summed E-state index contributed by atoms with van der Waals surface area (Å²) >= 11 is 1.10. The third-order valence-corrected chi connectivity index (χ3v) is 4.51. The van der Waals surface area contributed by atoms with Crippen LogP contribution in [0, 0.1) is 5.82 Å². The molecular weight excluding hydrogens is 393 g/mol. The summed E-state index contributed by atoms with van der Waals surface area (Å²) in [6.07, 6.45) is 3.46. The molecule has 0 fully saturated rings. The van der Waals surface area contributed by atoms with Gasteiger partial charge < -0.3 is 5.32 Å². The second-order valence-electron chi connectivity index (χ2n) is 5.89. The van der Waals surface area contributed by atoms with E-state index in [9.17, 15) is 14.0 Å². The van der Waals surface area contributed by atoms with Crippen molar-refractivity contribution in [2.45, 2.75) is 11.7 Å². The third kappa shape index (κ3) is 6.89. The maximum absolute atomic E-state index is 12.9. The van der Waals surface area contributed by atoms with Gasteiger partial charge in [0.2, 0.25) is 11.1 Å². The number of nitrogens with one attached hydrogen (secondary N) is 3. The minimum atomic E-state index is -0.558. The summed E-state index contributed by atoms with van der Waals surface area (Å²) in [4.78, 5) is 27.9. The Balaban J connectivity index is 1.41. The predicted molar refractivity (Wildman–Crippen MR) is 109 cm³/mol. The van der Waals surface area contributed by atoms with Crippen molar-refractivity contribution in [2.24, 2.45) is 0 Å². The maximum Gasteiger partial charge on any atom is 0.321 e. The van der Waals surface area contributed by atoms with Crippen LogP contribution in [-0.2, 0) is 11.3 Å². The molecule has 3 aromatic rings. The number of carbonyl (C=O) groups excluding carboxylic acids is 2. The number of carbonyl (C=O) groups is 2. The fraction of sp³-hybridized carbons (Fsp3) is 0.100. The van der Waals surface area contributed by atoms with Gasteiger partial charge in [-0.25, -0.2) is 14.2 Å². The van der Waals surface area contributed by atoms with Gasteiger partial charge in [-0.15, -0.1) is 5.10 Å². The summed E-state index contributed by atoms with van der Waals surface area (Å²) in [7, 11) is 0. The normalized spacial score (nSPS) is 10.8. The molecule has 148 valence electrons. The zero-order valence-corrected chi connectivity index (χ0v) is 16.1. The van der Waals surface area contributed by atoms with Crippen molar-refractivity contribution >= 4 is 35.9 Å². The number of nitrogens with zero attached hydrogens (tertiary/aromatic N) is 2. The Morgan fingerprint density at radius 2 is 1.83 bits per heavy atom. The van der Waals surface area contributed by atoms with Crippen LogP contribution in [0.2, 0.25) is 0 Å². The molecule has 7 nitrogen and oxygen atoms in total. The van der Waals surface area contributed by atoms with Crippen molar-refractivity contribution in [2.75, 3.05) is 5.75 Å². The number of H-pyrrole nitrogens is 1. The molecule has 3 N–H and O–H groups in total. The first-order chi connectivity index (χ1) is 14.1. The zero-order valence-electron chi connectivity index (χ0n) is 15.3. The van der Waals surface area contributed by atoms with Crippen LogP contribution < -0.4 is 10.6 Å². The number of urea groups is 1. The third-order valence-electron chi connectivity index (χ3n) is 3.67. The fourth-order valence-corrected chi connectivity index (χ4v) is 2.87. The smallest absolute Gasteiger partial charge is 0.321 e. The van der Waals surface area contributed by atoms with E-state index >= 15 is 0 Å². The second kappa shape index (κ2) is 10.2. The molecule has 0 aliphatic heterocycles. The number of rotatable bonds is 7. The summed E-state index contributed by atoms with van der Waals surface area (Å²) in [6, 6.07) is 14.9. The Labute approximate surface area is 170 Å². The number of aromatic nitrogens is 3. The quantitative estimate of drug-likeness (QED) is 0.519. The van der Waals surface area contributed by atoms with Crippen LogP contribution >= 0.6 is 11.8 Å². The Bertz CT molecular complexity index is 990. The summed E-state index contributed by atoms with van der Waals surface area (Å²) in [5.41, 5.74) is 1.75. The van der Waals surface area contributed by atoms with Crippen LogP contribution in [0.5, 0.6) is 0 Å². The highest BCUT2D eigenvalue weighted by molar-refractivity contribution is 7.99. The van der Waals surface area contributed by atoms with Crippen molar-refractivity contribution in [1.82, 2.24) is 25.8 Å². The molecule has 29 heavy (non-hydrogen) atoms. The molecule has 2 aromatic carbocycles. The van der Waals surface area contributed by atoms with Crippen LogP contribution in [0.15, 0.2) is 59.8 Å². The van der Waals surface area contributed by atoms with E-state index < -0.39 is 11.9 Å². The first-order valence-corrected chi connectivity index (χ1v) is 9.67. The SMILES string of the molecule is O=C(CSc1n[nH]c(/C=C/c2ccc(F)cc2)n1)NC(=O)NCc1ccccc1. The molecule has 0 bridgehead atoms. The van der Waals surface area contributed by atoms with Gasteiger partial charge in [-0.3, -0.25) is 15.2 Å². The van der Waals surface area contributed by atoms with Gasteiger partial charge in [-0.05, 0) is 29.3 Å². The number of hydrogen-bond donors (Lipinski definition) is 3. The Morgan fingerprint density at radius 1 is 1.07 bits per heavy atom. The lowest BCUT2D eigenvalue weighted by atomic mass is 10.2. The number of amides is 3. The molecule has 3 rings (SSSR count). The van der Waals surface area contributed by atoms with E-state index in [1.807, 2.05) is 30.3 Å². The number of halogens is 1. The lowest BCUT2D eigenvalue weighted by molar-refractivity contribution is -0.117. The van der Waals surface area contributed by atoms with Crippen molar-refractivity contribution < 1.29 is 14.0 Å². The molecule has 0 radical (unpaired) electrons. The van der Waals surface area contributed by atoms with E-state index in [0.29, 0.717) is 17.5 Å². The van der Waals surface area contributed by atoms with Gasteiger partial charge >= 0.3 is 6.03 Å². The second-order valence-corrected chi connectivity index (χ2v) is 6.84. The van der Waals surface area contributed by atoms with E-state index in [0.717, 1.165) is 22.9 Å². The topological polar surface area (TPSA) is 99.8 Å². The number of imide groups is 1. The highest BCUT2D eigenvalue weighted by Crippen LogP contribution is 2.13. The zero-order chi connectivity index (χ0) is 20.5. The molecular formula is C20H18FN5O2S. The first-order valence-electron chi connectivity index (χ1n) is 8.69. The summed E-state index contributed by atoms with van der Waals surface area (Å²) in [6.45, 7) is 0.331. The number of hydrogen-bond acceptors (Lipinski definition) is 5. The minimum absolute atomic E-state index is 0.00226. The number of aromatic amines is 1. The number of thioether (sulfide) groups is 1. The van der Waals surface area contributed by atoms with Crippen LogP contribution in [0.3, 0.4) is 0 Å². The Kier molecular flexibility index (Phi) is 7.12. The molecule has 0 spiro atoms. The van der Waals surface area contributed by atoms with Crippen molar-refractivity contribution in [3.63, 3.8) is 0 Å². The van der Waals surface area contributed by atoms with E-state index in [-0.39, 0.29) is 11.6 Å². The molecule has 1 heterocycles. The highest BCUT2D eigenvalue weighted by Gasteiger charge is 2.10. The standard InChI is InChI=1S/C20H18FN5O2S/c21-16-9-6-14(7-10-16)8-11-17-23-20(26-25-17)29-13-18(27)24-19(28)22-12-15-4-2-1-3-5-15/h1-11H,12-13H2,(H,23,25,26)(H2,22,24,27,28)/b11-8+. The summed E-state index contributed by atoms with van der Waals surface area (Å²) in [5, 5.41) is 12.0. The molecule has 3 amide bonds. The predicted octanol–water partition coefficient (Wildman–Crippen LogP) is 3.23. The average molecular weight is 411 g/mol. The molecule has 1 aromatic heterocycles. The van der Waals surface area contributed by atoms with E-state index in [1.165, 1.54) is 12.1 Å². The fourth-order valence-electron chi connectivity index (χ4n) is 2.26. The lowest BCUT2D eigenvalue weighted by Gasteiger charge is -2.06. The number of benzene rings is 2. The van der Waals surface area contributed by atoms with E-state index in [2.05, 4.69) is 25.8 Å². The largest absolute Gasteiger partial charge is 0.334 e. The molecule has 0 unspecified atom stereocenters. The molecule has 0 atom stereocenters.